The smallest absolute Gasteiger partial charge is 0.229 e. The predicted molar refractivity (Wildman–Crippen MR) is 80.0 cm³/mol. The van der Waals surface area contributed by atoms with Crippen molar-refractivity contribution < 1.29 is 8.42 Å². The third-order valence-electron chi connectivity index (χ3n) is 3.55. The molecule has 1 atom stereocenters. The molecule has 1 aromatic carbocycles. The van der Waals surface area contributed by atoms with Crippen LogP contribution in [0.4, 0.5) is 11.4 Å². The lowest BCUT2D eigenvalue weighted by Crippen LogP contribution is -2.19. The van der Waals surface area contributed by atoms with Crippen LogP contribution in [0, 0.1) is 5.41 Å². The molecule has 0 aliphatic heterocycles. The summed E-state index contributed by atoms with van der Waals surface area (Å²) in [6, 6.07) is 7.85. The van der Waals surface area contributed by atoms with Crippen molar-refractivity contribution in [2.24, 2.45) is 5.41 Å². The van der Waals surface area contributed by atoms with Gasteiger partial charge in [-0.1, -0.05) is 26.0 Å². The van der Waals surface area contributed by atoms with Crippen LogP contribution in [0.3, 0.4) is 0 Å². The van der Waals surface area contributed by atoms with Gasteiger partial charge >= 0.3 is 0 Å². The Bertz CT molecular complexity index is 552. The van der Waals surface area contributed by atoms with Crippen LogP contribution in [-0.2, 0) is 10.0 Å². The Labute approximate surface area is 115 Å². The van der Waals surface area contributed by atoms with Crippen LogP contribution in [0.15, 0.2) is 24.3 Å². The summed E-state index contributed by atoms with van der Waals surface area (Å²) in [5, 5.41) is 3.46. The van der Waals surface area contributed by atoms with Gasteiger partial charge in [-0.25, -0.2) is 8.42 Å². The molecule has 1 unspecified atom stereocenters. The fourth-order valence-corrected chi connectivity index (χ4v) is 3.25. The highest BCUT2D eigenvalue weighted by atomic mass is 32.2. The van der Waals surface area contributed by atoms with Crippen LogP contribution in [0.25, 0.3) is 0 Å². The molecule has 0 aromatic heterocycles. The fraction of sp³-hybridized carbons (Fsp3) is 0.571. The first-order chi connectivity index (χ1) is 8.75. The van der Waals surface area contributed by atoms with Gasteiger partial charge in [0.15, 0.2) is 0 Å². The molecule has 106 valence electrons. The number of sulfonamides is 1. The van der Waals surface area contributed by atoms with Crippen molar-refractivity contribution in [1.29, 1.82) is 0 Å². The van der Waals surface area contributed by atoms with Crippen molar-refractivity contribution in [3.63, 3.8) is 0 Å². The van der Waals surface area contributed by atoms with Crippen LogP contribution in [-0.4, -0.2) is 20.7 Å². The third kappa shape index (κ3) is 4.13. The van der Waals surface area contributed by atoms with E-state index in [1.54, 1.807) is 6.07 Å². The van der Waals surface area contributed by atoms with Crippen LogP contribution < -0.4 is 10.0 Å². The van der Waals surface area contributed by atoms with Crippen molar-refractivity contribution in [2.75, 3.05) is 16.3 Å². The van der Waals surface area contributed by atoms with E-state index in [0.29, 0.717) is 17.1 Å². The highest BCUT2D eigenvalue weighted by Gasteiger charge is 2.31. The van der Waals surface area contributed by atoms with Gasteiger partial charge in [0.1, 0.15) is 0 Å². The molecule has 19 heavy (non-hydrogen) atoms. The molecule has 0 saturated heterocycles. The Morgan fingerprint density at radius 1 is 1.21 bits per heavy atom. The monoisotopic (exact) mass is 282 g/mol. The quantitative estimate of drug-likeness (QED) is 0.892. The van der Waals surface area contributed by atoms with Crippen LogP contribution >= 0.6 is 0 Å². The maximum absolute atomic E-state index is 11.4. The number of nitrogens with one attached hydrogen (secondary N) is 2. The summed E-state index contributed by atoms with van der Waals surface area (Å²) in [4.78, 5) is 0. The summed E-state index contributed by atoms with van der Waals surface area (Å²) < 4.78 is 25.3. The van der Waals surface area contributed by atoms with Gasteiger partial charge in [0.25, 0.3) is 0 Å². The van der Waals surface area contributed by atoms with Crippen molar-refractivity contribution in [3.05, 3.63) is 24.3 Å². The van der Waals surface area contributed by atoms with Crippen molar-refractivity contribution >= 4 is 21.4 Å². The molecule has 1 saturated carbocycles. The minimum Gasteiger partial charge on any atom is -0.381 e. The van der Waals surface area contributed by atoms with Gasteiger partial charge in [-0.05, 0) is 36.8 Å². The summed E-state index contributed by atoms with van der Waals surface area (Å²) in [5.41, 5.74) is 1.85. The van der Waals surface area contributed by atoms with E-state index in [4.69, 9.17) is 0 Å². The highest BCUT2D eigenvalue weighted by molar-refractivity contribution is 7.92. The minimum absolute atomic E-state index is 0.372. The zero-order valence-corrected chi connectivity index (χ0v) is 12.5. The third-order valence-corrected chi connectivity index (χ3v) is 4.14. The van der Waals surface area contributed by atoms with Crippen molar-refractivity contribution in [2.45, 2.75) is 39.2 Å². The van der Waals surface area contributed by atoms with E-state index in [1.165, 1.54) is 12.7 Å². The van der Waals surface area contributed by atoms with Gasteiger partial charge in [0.05, 0.1) is 17.6 Å². The fourth-order valence-electron chi connectivity index (χ4n) is 2.68. The molecule has 4 nitrogen and oxygen atoms in total. The molecule has 1 fully saturated rings. The molecule has 2 N–H and O–H groups in total. The molecular weight excluding hydrogens is 260 g/mol. The van der Waals surface area contributed by atoms with E-state index in [2.05, 4.69) is 23.9 Å². The van der Waals surface area contributed by atoms with E-state index in [0.717, 1.165) is 18.5 Å². The molecule has 0 radical (unpaired) electrons. The maximum atomic E-state index is 11.4. The Balaban J connectivity index is 2.13. The van der Waals surface area contributed by atoms with E-state index in [9.17, 15) is 8.42 Å². The highest BCUT2D eigenvalue weighted by Crippen LogP contribution is 2.39. The van der Waals surface area contributed by atoms with E-state index in [-0.39, 0.29) is 0 Å². The van der Waals surface area contributed by atoms with Crippen LogP contribution in [0.5, 0.6) is 0 Å². The van der Waals surface area contributed by atoms with Gasteiger partial charge in [-0.3, -0.25) is 4.72 Å². The summed E-state index contributed by atoms with van der Waals surface area (Å²) in [5.74, 6) is 0. The van der Waals surface area contributed by atoms with Crippen LogP contribution in [0.1, 0.15) is 33.1 Å². The second kappa shape index (κ2) is 5.04. The number of anilines is 2. The molecule has 0 bridgehead atoms. The molecule has 1 aromatic rings. The number of para-hydroxylation sites is 2. The van der Waals surface area contributed by atoms with E-state index >= 15 is 0 Å². The first kappa shape index (κ1) is 14.2. The van der Waals surface area contributed by atoms with Gasteiger partial charge in [-0.2, -0.15) is 0 Å². The molecule has 0 amide bonds. The number of hydrogen-bond acceptors (Lipinski definition) is 3. The normalized spacial score (nSPS) is 22.2. The number of rotatable bonds is 4. The summed E-state index contributed by atoms with van der Waals surface area (Å²) in [7, 11) is -3.25. The Kier molecular flexibility index (Phi) is 3.76. The predicted octanol–water partition coefficient (Wildman–Crippen LogP) is 3.05. The molecule has 1 aliphatic rings. The van der Waals surface area contributed by atoms with Crippen molar-refractivity contribution in [1.82, 2.24) is 0 Å². The first-order valence-electron chi connectivity index (χ1n) is 6.59. The molecule has 0 heterocycles. The van der Waals surface area contributed by atoms with E-state index in [1.807, 2.05) is 18.2 Å². The molecule has 5 heteroatoms. The second-order valence-corrected chi connectivity index (χ2v) is 7.92. The zero-order valence-electron chi connectivity index (χ0n) is 11.7. The molecule has 0 spiro atoms. The average molecular weight is 282 g/mol. The number of hydrogen-bond donors (Lipinski definition) is 2. The topological polar surface area (TPSA) is 58.2 Å². The molecule has 2 rings (SSSR count). The Hall–Kier alpha value is -1.23. The zero-order chi connectivity index (χ0) is 14.1. The second-order valence-electron chi connectivity index (χ2n) is 6.17. The van der Waals surface area contributed by atoms with E-state index < -0.39 is 10.0 Å². The summed E-state index contributed by atoms with van der Waals surface area (Å²) >= 11 is 0. The maximum Gasteiger partial charge on any atom is 0.229 e. The lowest BCUT2D eigenvalue weighted by molar-refractivity contribution is 0.378. The lowest BCUT2D eigenvalue weighted by Gasteiger charge is -2.20. The molecular formula is C14H22N2O2S. The Morgan fingerprint density at radius 3 is 2.37 bits per heavy atom. The summed E-state index contributed by atoms with van der Waals surface area (Å²) in [6.07, 6.45) is 4.61. The van der Waals surface area contributed by atoms with Gasteiger partial charge < -0.3 is 5.32 Å². The number of benzene rings is 1. The SMILES string of the molecule is CC1(C)CCC(Nc2ccccc2NS(C)(=O)=O)C1. The standard InChI is InChI=1S/C14H22N2O2S/c1-14(2)9-8-11(10-14)15-12-6-4-5-7-13(12)16-19(3,17)18/h4-7,11,15-16H,8-10H2,1-3H3. The minimum atomic E-state index is -3.25. The lowest BCUT2D eigenvalue weighted by atomic mass is 9.92. The van der Waals surface area contributed by atoms with Crippen molar-refractivity contribution in [3.8, 4) is 0 Å². The van der Waals surface area contributed by atoms with Gasteiger partial charge in [0, 0.05) is 6.04 Å². The average Bonchev–Trinajstić information content (AvgIpc) is 2.59. The summed E-state index contributed by atoms with van der Waals surface area (Å²) in [6.45, 7) is 4.55. The largest absolute Gasteiger partial charge is 0.381 e. The Morgan fingerprint density at radius 2 is 1.84 bits per heavy atom. The first-order valence-corrected chi connectivity index (χ1v) is 8.48. The van der Waals surface area contributed by atoms with Crippen LogP contribution in [0.2, 0.25) is 0 Å². The molecule has 1 aliphatic carbocycles. The van der Waals surface area contributed by atoms with Gasteiger partial charge in [-0.15, -0.1) is 0 Å². The van der Waals surface area contributed by atoms with Gasteiger partial charge in [0.2, 0.25) is 10.0 Å².